The molecular weight excluding hydrogens is 204 g/mol. The van der Waals surface area contributed by atoms with Crippen molar-refractivity contribution in [1.82, 2.24) is 4.98 Å². The molecule has 0 saturated carbocycles. The molecule has 2 N–H and O–H groups in total. The molecule has 1 rings (SSSR count). The summed E-state index contributed by atoms with van der Waals surface area (Å²) in [5.74, 6) is -0.949. The van der Waals surface area contributed by atoms with E-state index < -0.39 is 5.97 Å². The Labute approximate surface area is 85.7 Å². The van der Waals surface area contributed by atoms with E-state index in [2.05, 4.69) is 10.3 Å². The Morgan fingerprint density at radius 1 is 1.79 bits per heavy atom. The number of nitrogens with one attached hydrogen (secondary N) is 1. The van der Waals surface area contributed by atoms with Gasteiger partial charge in [0.15, 0.2) is 5.13 Å². The maximum absolute atomic E-state index is 10.1. The summed E-state index contributed by atoms with van der Waals surface area (Å²) >= 11 is 1.52. The molecular formula is C8H12N2O3S. The number of carboxylic acids is 1. The number of nitrogens with zero attached hydrogens (tertiary/aromatic N) is 1. The van der Waals surface area contributed by atoms with Gasteiger partial charge in [-0.05, 0) is 6.92 Å². The maximum atomic E-state index is 10.1. The SMILES string of the molecule is Cc1csc(NCCOCC(=O)O)n1. The van der Waals surface area contributed by atoms with E-state index >= 15 is 0 Å². The van der Waals surface area contributed by atoms with E-state index in [1.165, 1.54) is 11.3 Å². The van der Waals surface area contributed by atoms with E-state index in [4.69, 9.17) is 9.84 Å². The Morgan fingerprint density at radius 3 is 3.14 bits per heavy atom. The highest BCUT2D eigenvalue weighted by Gasteiger charge is 1.98. The largest absolute Gasteiger partial charge is 0.480 e. The Morgan fingerprint density at radius 2 is 2.57 bits per heavy atom. The van der Waals surface area contributed by atoms with Crippen LogP contribution >= 0.6 is 11.3 Å². The first kappa shape index (κ1) is 10.9. The highest BCUT2D eigenvalue weighted by atomic mass is 32.1. The molecule has 14 heavy (non-hydrogen) atoms. The molecule has 1 aromatic rings. The molecule has 0 aliphatic carbocycles. The highest BCUT2D eigenvalue weighted by molar-refractivity contribution is 7.13. The van der Waals surface area contributed by atoms with Crippen LogP contribution in [-0.4, -0.2) is 35.8 Å². The fourth-order valence-corrected chi connectivity index (χ4v) is 1.54. The standard InChI is InChI=1S/C8H12N2O3S/c1-6-5-14-8(10-6)9-2-3-13-4-7(11)12/h5H,2-4H2,1H3,(H,9,10)(H,11,12). The summed E-state index contributed by atoms with van der Waals surface area (Å²) in [6.45, 7) is 2.60. The Kier molecular flexibility index (Phi) is 4.34. The van der Waals surface area contributed by atoms with Gasteiger partial charge >= 0.3 is 5.97 Å². The van der Waals surface area contributed by atoms with Gasteiger partial charge in [0.2, 0.25) is 0 Å². The van der Waals surface area contributed by atoms with Gasteiger partial charge in [0.1, 0.15) is 6.61 Å². The fourth-order valence-electron chi connectivity index (χ4n) is 0.825. The topological polar surface area (TPSA) is 71.5 Å². The van der Waals surface area contributed by atoms with E-state index in [1.807, 2.05) is 12.3 Å². The van der Waals surface area contributed by atoms with Crippen molar-refractivity contribution < 1.29 is 14.6 Å². The first-order chi connectivity index (χ1) is 6.68. The van der Waals surface area contributed by atoms with Crippen molar-refractivity contribution in [3.8, 4) is 0 Å². The molecule has 0 radical (unpaired) electrons. The number of ether oxygens (including phenoxy) is 1. The van der Waals surface area contributed by atoms with Crippen LogP contribution in [0.1, 0.15) is 5.69 Å². The molecule has 0 unspecified atom stereocenters. The molecule has 0 aliphatic rings. The molecule has 0 saturated heterocycles. The van der Waals surface area contributed by atoms with E-state index in [0.717, 1.165) is 10.8 Å². The Balaban J connectivity index is 2.07. The molecule has 0 spiro atoms. The lowest BCUT2D eigenvalue weighted by Crippen LogP contribution is -2.13. The second-order valence-electron chi connectivity index (χ2n) is 2.67. The van der Waals surface area contributed by atoms with Crippen molar-refractivity contribution in [3.63, 3.8) is 0 Å². The molecule has 78 valence electrons. The number of carboxylic acid groups (broad SMARTS) is 1. The van der Waals surface area contributed by atoms with Crippen LogP contribution in [0.2, 0.25) is 0 Å². The lowest BCUT2D eigenvalue weighted by molar-refractivity contribution is -0.142. The average Bonchev–Trinajstić information content (AvgIpc) is 2.50. The molecule has 5 nitrogen and oxygen atoms in total. The normalized spacial score (nSPS) is 10.1. The summed E-state index contributed by atoms with van der Waals surface area (Å²) in [5.41, 5.74) is 0.976. The average molecular weight is 216 g/mol. The molecule has 0 amide bonds. The lowest BCUT2D eigenvalue weighted by Gasteiger charge is -2.01. The van der Waals surface area contributed by atoms with Gasteiger partial charge in [-0.1, -0.05) is 0 Å². The predicted molar refractivity (Wildman–Crippen MR) is 53.8 cm³/mol. The highest BCUT2D eigenvalue weighted by Crippen LogP contribution is 2.13. The van der Waals surface area contributed by atoms with E-state index in [1.54, 1.807) is 0 Å². The first-order valence-electron chi connectivity index (χ1n) is 4.14. The second-order valence-corrected chi connectivity index (χ2v) is 3.53. The zero-order chi connectivity index (χ0) is 10.4. The molecule has 6 heteroatoms. The van der Waals surface area contributed by atoms with Crippen molar-refractivity contribution >= 4 is 22.4 Å². The Hall–Kier alpha value is -1.14. The van der Waals surface area contributed by atoms with Crippen molar-refractivity contribution in [3.05, 3.63) is 11.1 Å². The third-order valence-corrected chi connectivity index (χ3v) is 2.29. The second kappa shape index (κ2) is 5.56. The smallest absolute Gasteiger partial charge is 0.329 e. The lowest BCUT2D eigenvalue weighted by atomic mass is 10.6. The number of carbonyl (C=O) groups is 1. The fraction of sp³-hybridized carbons (Fsp3) is 0.500. The third kappa shape index (κ3) is 4.20. The summed E-state index contributed by atoms with van der Waals surface area (Å²) in [4.78, 5) is 14.3. The Bertz CT molecular complexity index is 301. The molecule has 0 aliphatic heterocycles. The van der Waals surface area contributed by atoms with Crippen molar-refractivity contribution in [2.24, 2.45) is 0 Å². The zero-order valence-corrected chi connectivity index (χ0v) is 8.63. The summed E-state index contributed by atoms with van der Waals surface area (Å²) in [6, 6.07) is 0. The summed E-state index contributed by atoms with van der Waals surface area (Å²) in [7, 11) is 0. The monoisotopic (exact) mass is 216 g/mol. The van der Waals surface area contributed by atoms with Gasteiger partial charge < -0.3 is 15.2 Å². The number of hydrogen-bond acceptors (Lipinski definition) is 5. The molecule has 1 heterocycles. The van der Waals surface area contributed by atoms with Gasteiger partial charge in [-0.25, -0.2) is 9.78 Å². The third-order valence-electron chi connectivity index (χ3n) is 1.37. The van der Waals surface area contributed by atoms with E-state index in [-0.39, 0.29) is 6.61 Å². The number of aromatic nitrogens is 1. The van der Waals surface area contributed by atoms with Gasteiger partial charge in [0, 0.05) is 11.9 Å². The van der Waals surface area contributed by atoms with E-state index in [9.17, 15) is 4.79 Å². The number of rotatable bonds is 6. The zero-order valence-electron chi connectivity index (χ0n) is 7.82. The van der Waals surface area contributed by atoms with Crippen LogP contribution in [-0.2, 0) is 9.53 Å². The van der Waals surface area contributed by atoms with Crippen LogP contribution in [0.3, 0.4) is 0 Å². The van der Waals surface area contributed by atoms with Crippen LogP contribution < -0.4 is 5.32 Å². The summed E-state index contributed by atoms with van der Waals surface area (Å²) in [6.07, 6.45) is 0. The quantitative estimate of drug-likeness (QED) is 0.693. The summed E-state index contributed by atoms with van der Waals surface area (Å²) < 4.78 is 4.84. The van der Waals surface area contributed by atoms with Crippen LogP contribution in [0, 0.1) is 6.92 Å². The molecule has 0 aromatic carbocycles. The maximum Gasteiger partial charge on any atom is 0.329 e. The number of aliphatic carboxylic acids is 1. The molecule has 1 aromatic heterocycles. The number of thiazole rings is 1. The van der Waals surface area contributed by atoms with Crippen molar-refractivity contribution in [1.29, 1.82) is 0 Å². The van der Waals surface area contributed by atoms with Gasteiger partial charge in [-0.15, -0.1) is 11.3 Å². The van der Waals surface area contributed by atoms with Gasteiger partial charge in [0.05, 0.1) is 12.3 Å². The van der Waals surface area contributed by atoms with Crippen molar-refractivity contribution in [2.75, 3.05) is 25.1 Å². The minimum absolute atomic E-state index is 0.251. The van der Waals surface area contributed by atoms with Crippen molar-refractivity contribution in [2.45, 2.75) is 6.92 Å². The van der Waals surface area contributed by atoms with Gasteiger partial charge in [-0.2, -0.15) is 0 Å². The molecule has 0 bridgehead atoms. The number of hydrogen-bond donors (Lipinski definition) is 2. The predicted octanol–water partition coefficient (Wildman–Crippen LogP) is 0.965. The van der Waals surface area contributed by atoms with Crippen LogP contribution in [0.4, 0.5) is 5.13 Å². The first-order valence-corrected chi connectivity index (χ1v) is 5.02. The molecule has 0 atom stereocenters. The van der Waals surface area contributed by atoms with Crippen LogP contribution in [0.5, 0.6) is 0 Å². The van der Waals surface area contributed by atoms with Gasteiger partial charge in [0.25, 0.3) is 0 Å². The van der Waals surface area contributed by atoms with Crippen LogP contribution in [0.25, 0.3) is 0 Å². The summed E-state index contributed by atoms with van der Waals surface area (Å²) in [5, 5.41) is 14.1. The number of aryl methyl sites for hydroxylation is 1. The molecule has 0 fully saturated rings. The van der Waals surface area contributed by atoms with E-state index in [0.29, 0.717) is 13.2 Å². The van der Waals surface area contributed by atoms with Gasteiger partial charge in [-0.3, -0.25) is 0 Å². The minimum atomic E-state index is -0.949. The van der Waals surface area contributed by atoms with Crippen LogP contribution in [0.15, 0.2) is 5.38 Å². The number of anilines is 1. The minimum Gasteiger partial charge on any atom is -0.480 e.